The average molecular weight is 334 g/mol. The number of aliphatic hydroxyl groups excluding tert-OH is 1. The summed E-state index contributed by atoms with van der Waals surface area (Å²) in [6.45, 7) is 0.148. The first-order chi connectivity index (χ1) is 9.82. The largest absolute Gasteiger partial charge is 0.395 e. The van der Waals surface area contributed by atoms with Crippen LogP contribution in [0, 0.1) is 0 Å². The minimum Gasteiger partial charge on any atom is -0.395 e. The second-order valence-corrected chi connectivity index (χ2v) is 8.55. The summed E-state index contributed by atoms with van der Waals surface area (Å²) in [5.74, 6) is 0. The molecule has 0 bridgehead atoms. The highest BCUT2D eigenvalue weighted by atomic mass is 32.2. The van der Waals surface area contributed by atoms with Gasteiger partial charge in [-0.2, -0.15) is 4.31 Å². The van der Waals surface area contributed by atoms with Crippen molar-refractivity contribution in [3.05, 3.63) is 24.3 Å². The molecule has 1 aromatic rings. The lowest BCUT2D eigenvalue weighted by atomic mass is 10.2. The van der Waals surface area contributed by atoms with Crippen molar-refractivity contribution in [2.24, 2.45) is 0 Å². The fourth-order valence-corrected chi connectivity index (χ4v) is 4.77. The van der Waals surface area contributed by atoms with Crippen LogP contribution in [-0.4, -0.2) is 52.5 Å². The highest BCUT2D eigenvalue weighted by Gasteiger charge is 2.34. The Bertz CT molecular complexity index is 698. The lowest BCUT2D eigenvalue weighted by molar-refractivity contribution is 0.213. The van der Waals surface area contributed by atoms with E-state index in [1.807, 2.05) is 0 Å². The first-order valence-electron chi connectivity index (χ1n) is 6.49. The molecule has 1 aliphatic heterocycles. The van der Waals surface area contributed by atoms with Crippen LogP contribution in [0.5, 0.6) is 0 Å². The maximum absolute atomic E-state index is 12.5. The normalized spacial score (nSPS) is 20.8. The van der Waals surface area contributed by atoms with E-state index in [0.717, 1.165) is 0 Å². The van der Waals surface area contributed by atoms with Crippen molar-refractivity contribution in [1.82, 2.24) is 9.03 Å². The predicted molar refractivity (Wildman–Crippen MR) is 76.7 cm³/mol. The molecule has 0 unspecified atom stereocenters. The SMILES string of the molecule is CNS(=O)(=O)c1ccc(S(=O)(=O)N2CCC[C@H]2CO)cc1. The summed E-state index contributed by atoms with van der Waals surface area (Å²) >= 11 is 0. The maximum Gasteiger partial charge on any atom is 0.243 e. The van der Waals surface area contributed by atoms with E-state index in [1.165, 1.54) is 35.6 Å². The molecular formula is C12H18N2O5S2. The number of rotatable bonds is 5. The summed E-state index contributed by atoms with van der Waals surface area (Å²) in [5.41, 5.74) is 0. The molecule has 2 rings (SSSR count). The number of hydrogen-bond donors (Lipinski definition) is 2. The molecule has 118 valence electrons. The first kappa shape index (κ1) is 16.4. The molecule has 1 heterocycles. The van der Waals surface area contributed by atoms with Gasteiger partial charge in [0.25, 0.3) is 0 Å². The molecule has 0 aliphatic carbocycles. The third kappa shape index (κ3) is 3.11. The third-order valence-corrected chi connectivity index (χ3v) is 6.94. The van der Waals surface area contributed by atoms with Crippen LogP contribution in [0.25, 0.3) is 0 Å². The Hall–Kier alpha value is -1.00. The Morgan fingerprint density at radius 2 is 1.76 bits per heavy atom. The van der Waals surface area contributed by atoms with Gasteiger partial charge in [0.1, 0.15) is 0 Å². The van der Waals surface area contributed by atoms with Crippen LogP contribution in [0.4, 0.5) is 0 Å². The Kier molecular flexibility index (Phi) is 4.69. The molecule has 9 heteroatoms. The molecule has 1 fully saturated rings. The summed E-state index contributed by atoms with van der Waals surface area (Å²) in [6, 6.07) is 4.64. The van der Waals surface area contributed by atoms with Crippen molar-refractivity contribution in [3.8, 4) is 0 Å². The number of nitrogens with one attached hydrogen (secondary N) is 1. The van der Waals surface area contributed by atoms with Gasteiger partial charge in [0, 0.05) is 12.6 Å². The lowest BCUT2D eigenvalue weighted by Gasteiger charge is -2.22. The van der Waals surface area contributed by atoms with Gasteiger partial charge in [-0.05, 0) is 44.2 Å². The molecule has 21 heavy (non-hydrogen) atoms. The van der Waals surface area contributed by atoms with Gasteiger partial charge in [-0.25, -0.2) is 21.6 Å². The van der Waals surface area contributed by atoms with E-state index in [-0.39, 0.29) is 16.4 Å². The number of benzene rings is 1. The maximum atomic E-state index is 12.5. The summed E-state index contributed by atoms with van der Waals surface area (Å²) in [7, 11) is -6.02. The highest BCUT2D eigenvalue weighted by molar-refractivity contribution is 7.89. The van der Waals surface area contributed by atoms with Gasteiger partial charge in [0.05, 0.1) is 16.4 Å². The van der Waals surface area contributed by atoms with Crippen LogP contribution in [-0.2, 0) is 20.0 Å². The van der Waals surface area contributed by atoms with Gasteiger partial charge < -0.3 is 5.11 Å². The van der Waals surface area contributed by atoms with Crippen LogP contribution in [0.2, 0.25) is 0 Å². The molecule has 0 aromatic heterocycles. The van der Waals surface area contributed by atoms with Gasteiger partial charge in [0.15, 0.2) is 0 Å². The van der Waals surface area contributed by atoms with Crippen molar-refractivity contribution in [3.63, 3.8) is 0 Å². The van der Waals surface area contributed by atoms with Gasteiger partial charge in [-0.3, -0.25) is 0 Å². The van der Waals surface area contributed by atoms with Crippen LogP contribution in [0.3, 0.4) is 0 Å². The molecule has 0 saturated carbocycles. The monoisotopic (exact) mass is 334 g/mol. The van der Waals surface area contributed by atoms with E-state index in [4.69, 9.17) is 0 Å². The van der Waals surface area contributed by atoms with E-state index in [2.05, 4.69) is 4.72 Å². The van der Waals surface area contributed by atoms with Crippen LogP contribution < -0.4 is 4.72 Å². The van der Waals surface area contributed by atoms with Crippen molar-refractivity contribution < 1.29 is 21.9 Å². The van der Waals surface area contributed by atoms with Gasteiger partial charge in [0.2, 0.25) is 20.0 Å². The zero-order chi connectivity index (χ0) is 15.7. The van der Waals surface area contributed by atoms with Crippen LogP contribution >= 0.6 is 0 Å². The summed E-state index contributed by atoms with van der Waals surface area (Å²) in [5, 5.41) is 9.24. The lowest BCUT2D eigenvalue weighted by Crippen LogP contribution is -2.37. The zero-order valence-corrected chi connectivity index (χ0v) is 13.2. The third-order valence-electron chi connectivity index (χ3n) is 3.54. The minimum atomic E-state index is -3.71. The fraction of sp³-hybridized carbons (Fsp3) is 0.500. The van der Waals surface area contributed by atoms with E-state index in [1.54, 1.807) is 0 Å². The molecule has 1 aromatic carbocycles. The molecule has 1 aliphatic rings. The summed E-state index contributed by atoms with van der Waals surface area (Å²) in [6.07, 6.45) is 1.33. The van der Waals surface area contributed by atoms with Gasteiger partial charge in [-0.15, -0.1) is 0 Å². The number of sulfonamides is 2. The summed E-state index contributed by atoms with van der Waals surface area (Å²) < 4.78 is 51.6. The van der Waals surface area contributed by atoms with Crippen molar-refractivity contribution >= 4 is 20.0 Å². The molecule has 2 N–H and O–H groups in total. The van der Waals surface area contributed by atoms with E-state index >= 15 is 0 Å². The summed E-state index contributed by atoms with van der Waals surface area (Å²) in [4.78, 5) is 0.0296. The second kappa shape index (κ2) is 6.01. The smallest absolute Gasteiger partial charge is 0.243 e. The molecular weight excluding hydrogens is 316 g/mol. The quantitative estimate of drug-likeness (QED) is 0.772. The van der Waals surface area contributed by atoms with Crippen molar-refractivity contribution in [1.29, 1.82) is 0 Å². The average Bonchev–Trinajstić information content (AvgIpc) is 2.96. The Labute approximate surface area is 124 Å². The van der Waals surface area contributed by atoms with E-state index in [9.17, 15) is 21.9 Å². The van der Waals surface area contributed by atoms with Gasteiger partial charge >= 0.3 is 0 Å². The highest BCUT2D eigenvalue weighted by Crippen LogP contribution is 2.26. The Morgan fingerprint density at radius 3 is 2.29 bits per heavy atom. The second-order valence-electron chi connectivity index (χ2n) is 4.77. The zero-order valence-electron chi connectivity index (χ0n) is 11.6. The Morgan fingerprint density at radius 1 is 1.19 bits per heavy atom. The number of nitrogens with zero attached hydrogens (tertiary/aromatic N) is 1. The molecule has 0 spiro atoms. The van der Waals surface area contributed by atoms with Crippen molar-refractivity contribution in [2.75, 3.05) is 20.2 Å². The fourth-order valence-electron chi connectivity index (χ4n) is 2.35. The van der Waals surface area contributed by atoms with Crippen molar-refractivity contribution in [2.45, 2.75) is 28.7 Å². The predicted octanol–water partition coefficient (Wildman–Crippen LogP) is -0.260. The van der Waals surface area contributed by atoms with Crippen LogP contribution in [0.15, 0.2) is 34.1 Å². The molecule has 0 amide bonds. The Balaban J connectivity index is 2.34. The standard InChI is InChI=1S/C12H18N2O5S2/c1-13-20(16,17)11-4-6-12(7-5-11)21(18,19)14-8-2-3-10(14)9-15/h4-7,10,13,15H,2-3,8-9H2,1H3/t10-/m0/s1. The van der Waals surface area contributed by atoms with E-state index < -0.39 is 26.1 Å². The number of hydrogen-bond acceptors (Lipinski definition) is 5. The topological polar surface area (TPSA) is 104 Å². The molecule has 7 nitrogen and oxygen atoms in total. The molecule has 0 radical (unpaired) electrons. The number of aliphatic hydroxyl groups is 1. The van der Waals surface area contributed by atoms with Gasteiger partial charge in [-0.1, -0.05) is 0 Å². The molecule has 1 atom stereocenters. The minimum absolute atomic E-state index is 0.00378. The molecule has 1 saturated heterocycles. The van der Waals surface area contributed by atoms with E-state index in [0.29, 0.717) is 19.4 Å². The first-order valence-corrected chi connectivity index (χ1v) is 9.41. The van der Waals surface area contributed by atoms with Crippen LogP contribution in [0.1, 0.15) is 12.8 Å².